The molecule has 0 radical (unpaired) electrons. The maximum atomic E-state index is 12.9. The van der Waals surface area contributed by atoms with Crippen LogP contribution in [0.5, 0.6) is 5.75 Å². The van der Waals surface area contributed by atoms with Gasteiger partial charge >= 0.3 is 0 Å². The van der Waals surface area contributed by atoms with Crippen molar-refractivity contribution in [3.63, 3.8) is 0 Å². The third-order valence-corrected chi connectivity index (χ3v) is 6.69. The lowest BCUT2D eigenvalue weighted by atomic mass is 10.1. The highest BCUT2D eigenvalue weighted by atomic mass is 32.1. The van der Waals surface area contributed by atoms with Gasteiger partial charge in [0.1, 0.15) is 12.4 Å². The molecule has 2 aliphatic rings. The predicted octanol–water partition coefficient (Wildman–Crippen LogP) is 4.17. The molecule has 0 saturated carbocycles. The number of carbonyl (C=O) groups is 1. The molecule has 0 spiro atoms. The van der Waals surface area contributed by atoms with Gasteiger partial charge in [-0.15, -0.1) is 11.3 Å². The van der Waals surface area contributed by atoms with Crippen molar-refractivity contribution in [3.8, 4) is 5.75 Å². The zero-order valence-corrected chi connectivity index (χ0v) is 17.3. The van der Waals surface area contributed by atoms with Gasteiger partial charge in [0.15, 0.2) is 0 Å². The van der Waals surface area contributed by atoms with Gasteiger partial charge in [0.25, 0.3) is 5.91 Å². The second-order valence-electron chi connectivity index (χ2n) is 7.92. The molecule has 1 unspecified atom stereocenters. The number of fused-ring (bicyclic) bond motifs is 1. The molecule has 0 N–H and O–H groups in total. The van der Waals surface area contributed by atoms with Gasteiger partial charge in [-0.05, 0) is 62.7 Å². The van der Waals surface area contributed by atoms with Gasteiger partial charge in [0, 0.05) is 31.2 Å². The summed E-state index contributed by atoms with van der Waals surface area (Å²) in [6.45, 7) is 10.7. The van der Waals surface area contributed by atoms with E-state index in [9.17, 15) is 4.79 Å². The Bertz CT molecular complexity index is 822. The van der Waals surface area contributed by atoms with Gasteiger partial charge in [-0.3, -0.25) is 9.69 Å². The van der Waals surface area contributed by atoms with E-state index in [1.165, 1.54) is 36.3 Å². The molecule has 2 aromatic rings. The van der Waals surface area contributed by atoms with Crippen LogP contribution >= 0.6 is 11.3 Å². The first-order chi connectivity index (χ1) is 13.0. The fourth-order valence-corrected chi connectivity index (χ4v) is 5.31. The van der Waals surface area contributed by atoms with Gasteiger partial charge in [-0.25, -0.2) is 0 Å². The molecule has 0 aliphatic carbocycles. The number of hydrogen-bond donors (Lipinski definition) is 0. The number of piperazine rings is 1. The first kappa shape index (κ1) is 18.5. The van der Waals surface area contributed by atoms with E-state index in [-0.39, 0.29) is 5.91 Å². The van der Waals surface area contributed by atoms with Crippen LogP contribution in [0, 0.1) is 20.8 Å². The average Bonchev–Trinajstić information content (AvgIpc) is 3.28. The minimum Gasteiger partial charge on any atom is -0.488 e. The Morgan fingerprint density at radius 1 is 1.15 bits per heavy atom. The molecular weight excluding hydrogens is 356 g/mol. The topological polar surface area (TPSA) is 32.8 Å². The van der Waals surface area contributed by atoms with E-state index in [0.717, 1.165) is 47.0 Å². The summed E-state index contributed by atoms with van der Waals surface area (Å²) in [5, 5.41) is 2.05. The minimum atomic E-state index is 0.181. The van der Waals surface area contributed by atoms with E-state index in [0.29, 0.717) is 12.6 Å². The highest BCUT2D eigenvalue weighted by molar-refractivity contribution is 7.12. The monoisotopic (exact) mass is 384 g/mol. The lowest BCUT2D eigenvalue weighted by Crippen LogP contribution is -2.51. The number of ether oxygens (including phenoxy) is 1. The van der Waals surface area contributed by atoms with Gasteiger partial charge in [0.2, 0.25) is 0 Å². The van der Waals surface area contributed by atoms with Crippen molar-refractivity contribution in [2.24, 2.45) is 0 Å². The van der Waals surface area contributed by atoms with Crippen molar-refractivity contribution >= 4 is 17.2 Å². The maximum absolute atomic E-state index is 12.9. The summed E-state index contributed by atoms with van der Waals surface area (Å²) in [7, 11) is 0. The third kappa shape index (κ3) is 3.90. The van der Waals surface area contributed by atoms with E-state index in [2.05, 4.69) is 43.2 Å². The molecule has 2 saturated heterocycles. The van der Waals surface area contributed by atoms with Crippen molar-refractivity contribution in [1.82, 2.24) is 9.80 Å². The number of nitrogens with zero attached hydrogens (tertiary/aromatic N) is 2. The molecule has 0 bridgehead atoms. The van der Waals surface area contributed by atoms with Crippen LogP contribution in [-0.4, -0.2) is 47.9 Å². The predicted molar refractivity (Wildman–Crippen MR) is 110 cm³/mol. The van der Waals surface area contributed by atoms with Crippen molar-refractivity contribution in [1.29, 1.82) is 0 Å². The highest BCUT2D eigenvalue weighted by Crippen LogP contribution is 2.27. The summed E-state index contributed by atoms with van der Waals surface area (Å²) in [6.07, 6.45) is 2.49. The Kier molecular flexibility index (Phi) is 5.24. The Labute approximate surface area is 165 Å². The van der Waals surface area contributed by atoms with Crippen LogP contribution in [0.2, 0.25) is 0 Å². The maximum Gasteiger partial charge on any atom is 0.264 e. The SMILES string of the molecule is Cc1cc(C)c(OCc2csc(C(=O)N3CCN4CCCC4C3)c2)c(C)c1. The molecule has 4 rings (SSSR count). The second kappa shape index (κ2) is 7.64. The van der Waals surface area contributed by atoms with Gasteiger partial charge in [-0.1, -0.05) is 17.7 Å². The number of hydrogen-bond acceptors (Lipinski definition) is 4. The summed E-state index contributed by atoms with van der Waals surface area (Å²) < 4.78 is 6.08. The van der Waals surface area contributed by atoms with Crippen molar-refractivity contribution in [2.45, 2.75) is 46.3 Å². The van der Waals surface area contributed by atoms with E-state index in [1.807, 2.05) is 11.0 Å². The molecule has 2 aliphatic heterocycles. The van der Waals surface area contributed by atoms with E-state index >= 15 is 0 Å². The summed E-state index contributed by atoms with van der Waals surface area (Å²) in [4.78, 5) is 18.3. The molecule has 1 amide bonds. The molecule has 27 heavy (non-hydrogen) atoms. The van der Waals surface area contributed by atoms with E-state index in [4.69, 9.17) is 4.74 Å². The van der Waals surface area contributed by atoms with Crippen LogP contribution in [0.25, 0.3) is 0 Å². The number of amides is 1. The van der Waals surface area contributed by atoms with Crippen molar-refractivity contribution in [3.05, 3.63) is 50.7 Å². The average molecular weight is 385 g/mol. The summed E-state index contributed by atoms with van der Waals surface area (Å²) >= 11 is 1.54. The first-order valence-electron chi connectivity index (χ1n) is 9.82. The molecule has 1 aromatic carbocycles. The fourth-order valence-electron chi connectivity index (χ4n) is 4.44. The van der Waals surface area contributed by atoms with Crippen LogP contribution in [0.15, 0.2) is 23.6 Å². The van der Waals surface area contributed by atoms with Gasteiger partial charge in [0.05, 0.1) is 4.88 Å². The second-order valence-corrected chi connectivity index (χ2v) is 8.83. The molecule has 5 heteroatoms. The summed E-state index contributed by atoms with van der Waals surface area (Å²) in [5.74, 6) is 1.14. The lowest BCUT2D eigenvalue weighted by molar-refractivity contribution is 0.0576. The first-order valence-corrected chi connectivity index (χ1v) is 10.7. The smallest absolute Gasteiger partial charge is 0.264 e. The molecule has 1 aromatic heterocycles. The third-order valence-electron chi connectivity index (χ3n) is 5.73. The Morgan fingerprint density at radius 3 is 2.70 bits per heavy atom. The van der Waals surface area contributed by atoms with Gasteiger partial charge in [-0.2, -0.15) is 0 Å². The van der Waals surface area contributed by atoms with Gasteiger partial charge < -0.3 is 9.64 Å². The quantitative estimate of drug-likeness (QED) is 0.793. The molecule has 144 valence electrons. The lowest BCUT2D eigenvalue weighted by Gasteiger charge is -2.37. The standard InChI is InChI=1S/C22H28N2O2S/c1-15-9-16(2)21(17(3)10-15)26-13-18-11-20(27-14-18)22(25)24-8-7-23-6-4-5-19(23)12-24/h9-11,14,19H,4-8,12-13H2,1-3H3. The number of aryl methyl sites for hydroxylation is 3. The normalized spacial score (nSPS) is 20.0. The Morgan fingerprint density at radius 2 is 1.93 bits per heavy atom. The molecular formula is C22H28N2O2S. The summed E-state index contributed by atoms with van der Waals surface area (Å²) in [6, 6.07) is 6.87. The van der Waals surface area contributed by atoms with Crippen LogP contribution in [-0.2, 0) is 6.61 Å². The van der Waals surface area contributed by atoms with Crippen molar-refractivity contribution < 1.29 is 9.53 Å². The zero-order valence-electron chi connectivity index (χ0n) is 16.5. The van der Waals surface area contributed by atoms with E-state index in [1.54, 1.807) is 0 Å². The van der Waals surface area contributed by atoms with Crippen LogP contribution in [0.3, 0.4) is 0 Å². The molecule has 4 nitrogen and oxygen atoms in total. The number of thiophene rings is 1. The largest absolute Gasteiger partial charge is 0.488 e. The molecule has 3 heterocycles. The Balaban J connectivity index is 1.39. The Hall–Kier alpha value is -1.85. The van der Waals surface area contributed by atoms with E-state index < -0.39 is 0 Å². The summed E-state index contributed by atoms with van der Waals surface area (Å²) in [5.41, 5.74) is 4.65. The number of benzene rings is 1. The van der Waals surface area contributed by atoms with Crippen LogP contribution < -0.4 is 4.74 Å². The van der Waals surface area contributed by atoms with Crippen LogP contribution in [0.1, 0.15) is 44.8 Å². The zero-order chi connectivity index (χ0) is 19.0. The van der Waals surface area contributed by atoms with Crippen LogP contribution in [0.4, 0.5) is 0 Å². The minimum absolute atomic E-state index is 0.181. The molecule has 1 atom stereocenters. The number of rotatable bonds is 4. The fraction of sp³-hybridized carbons (Fsp3) is 0.500. The molecule has 2 fully saturated rings. The highest BCUT2D eigenvalue weighted by Gasteiger charge is 2.33. The van der Waals surface area contributed by atoms with Crippen molar-refractivity contribution in [2.75, 3.05) is 26.2 Å². The number of carbonyl (C=O) groups excluding carboxylic acids is 1.